The summed E-state index contributed by atoms with van der Waals surface area (Å²) in [6.07, 6.45) is 5.47. The van der Waals surface area contributed by atoms with Crippen molar-refractivity contribution in [1.29, 1.82) is 0 Å². The number of aromatic nitrogens is 1. The number of benzene rings is 1. The number of nitrogens with zero attached hydrogens (tertiary/aromatic N) is 1. The van der Waals surface area contributed by atoms with Crippen LogP contribution < -0.4 is 0 Å². The summed E-state index contributed by atoms with van der Waals surface area (Å²) in [5.41, 5.74) is 1.13. The highest BCUT2D eigenvalue weighted by molar-refractivity contribution is 5.92. The molecule has 0 unspecified atom stereocenters. The minimum absolute atomic E-state index is 0.286. The average molecular weight is 305 g/mol. The number of carbonyl (C=O) groups excluding carboxylic acids is 1. The van der Waals surface area contributed by atoms with Gasteiger partial charge in [-0.3, -0.25) is 4.57 Å². The van der Waals surface area contributed by atoms with E-state index in [1.54, 1.807) is 12.3 Å². The largest absolute Gasteiger partial charge is 0.443 e. The van der Waals surface area contributed by atoms with Gasteiger partial charge in [-0.25, -0.2) is 9.18 Å². The van der Waals surface area contributed by atoms with E-state index in [0.29, 0.717) is 5.52 Å². The van der Waals surface area contributed by atoms with Gasteiger partial charge >= 0.3 is 6.09 Å². The fraction of sp³-hybridized carbons (Fsp3) is 0.500. The maximum absolute atomic E-state index is 13.6. The Balaban J connectivity index is 2.40. The summed E-state index contributed by atoms with van der Waals surface area (Å²) >= 11 is 0. The van der Waals surface area contributed by atoms with Crippen molar-refractivity contribution in [3.63, 3.8) is 0 Å². The van der Waals surface area contributed by atoms with Crippen molar-refractivity contribution in [3.8, 4) is 0 Å². The van der Waals surface area contributed by atoms with Gasteiger partial charge in [-0.2, -0.15) is 0 Å². The van der Waals surface area contributed by atoms with E-state index >= 15 is 0 Å². The number of fused-ring (bicyclic) bond motifs is 1. The van der Waals surface area contributed by atoms with Crippen LogP contribution in [-0.4, -0.2) is 16.3 Å². The van der Waals surface area contributed by atoms with E-state index in [-0.39, 0.29) is 5.82 Å². The Morgan fingerprint density at radius 2 is 2.00 bits per heavy atom. The molecule has 0 fully saturated rings. The van der Waals surface area contributed by atoms with Crippen LogP contribution in [0.2, 0.25) is 0 Å². The Bertz CT molecular complexity index is 668. The molecule has 22 heavy (non-hydrogen) atoms. The number of halogens is 1. The van der Waals surface area contributed by atoms with E-state index in [4.69, 9.17) is 4.74 Å². The van der Waals surface area contributed by atoms with E-state index in [0.717, 1.165) is 36.6 Å². The predicted molar refractivity (Wildman–Crippen MR) is 86.8 cm³/mol. The summed E-state index contributed by atoms with van der Waals surface area (Å²) in [6, 6.07) is 4.51. The summed E-state index contributed by atoms with van der Waals surface area (Å²) in [7, 11) is 0. The van der Waals surface area contributed by atoms with Crippen molar-refractivity contribution in [1.82, 2.24) is 4.57 Å². The lowest BCUT2D eigenvalue weighted by atomic mass is 10.1. The summed E-state index contributed by atoms with van der Waals surface area (Å²) in [6.45, 7) is 7.64. The van der Waals surface area contributed by atoms with Crippen molar-refractivity contribution < 1.29 is 13.9 Å². The Morgan fingerprint density at radius 3 is 2.64 bits per heavy atom. The third kappa shape index (κ3) is 3.87. The van der Waals surface area contributed by atoms with Crippen LogP contribution in [0.1, 0.15) is 52.5 Å². The zero-order valence-electron chi connectivity index (χ0n) is 13.8. The van der Waals surface area contributed by atoms with Crippen molar-refractivity contribution in [2.75, 3.05) is 0 Å². The first-order valence-electron chi connectivity index (χ1n) is 7.84. The number of ether oxygens (including phenoxy) is 1. The molecular formula is C18H24FNO2. The Morgan fingerprint density at radius 1 is 1.27 bits per heavy atom. The number of hydrogen-bond donors (Lipinski definition) is 0. The second-order valence-electron chi connectivity index (χ2n) is 6.62. The van der Waals surface area contributed by atoms with Crippen LogP contribution in [-0.2, 0) is 11.2 Å². The molecular weight excluding hydrogens is 281 g/mol. The standard InChI is InChI=1S/C18H24FNO2/c1-5-6-7-8-13-12-20(17(21)22-18(2,3)4)16-10-9-14(19)11-15(13)16/h9-12H,5-8H2,1-4H3. The minimum atomic E-state index is -0.559. The normalized spacial score (nSPS) is 11.9. The third-order valence-electron chi connectivity index (χ3n) is 3.49. The van der Waals surface area contributed by atoms with Gasteiger partial charge in [0.15, 0.2) is 0 Å². The molecule has 120 valence electrons. The molecule has 2 rings (SSSR count). The number of hydrogen-bond acceptors (Lipinski definition) is 2. The highest BCUT2D eigenvalue weighted by atomic mass is 19.1. The molecule has 0 amide bonds. The molecule has 0 aliphatic rings. The fourth-order valence-electron chi connectivity index (χ4n) is 2.50. The lowest BCUT2D eigenvalue weighted by Gasteiger charge is -2.19. The van der Waals surface area contributed by atoms with Crippen LogP contribution in [0.5, 0.6) is 0 Å². The van der Waals surface area contributed by atoms with Gasteiger partial charge < -0.3 is 4.74 Å². The third-order valence-corrected chi connectivity index (χ3v) is 3.49. The van der Waals surface area contributed by atoms with Gasteiger partial charge in [-0.1, -0.05) is 19.8 Å². The van der Waals surface area contributed by atoms with Crippen LogP contribution in [0.3, 0.4) is 0 Å². The van der Waals surface area contributed by atoms with Crippen LogP contribution >= 0.6 is 0 Å². The maximum Gasteiger partial charge on any atom is 0.419 e. The Kier molecular flexibility index (Phi) is 4.89. The fourth-order valence-corrected chi connectivity index (χ4v) is 2.50. The smallest absolute Gasteiger partial charge is 0.419 e. The summed E-state index contributed by atoms with van der Waals surface area (Å²) in [5.74, 6) is -0.286. The van der Waals surface area contributed by atoms with E-state index in [1.807, 2.05) is 20.8 Å². The van der Waals surface area contributed by atoms with Gasteiger partial charge in [-0.15, -0.1) is 0 Å². The van der Waals surface area contributed by atoms with Gasteiger partial charge in [-0.05, 0) is 57.4 Å². The molecule has 0 N–H and O–H groups in total. The molecule has 0 bridgehead atoms. The lowest BCUT2D eigenvalue weighted by Crippen LogP contribution is -2.26. The molecule has 0 spiro atoms. The molecule has 0 atom stereocenters. The maximum atomic E-state index is 13.6. The van der Waals surface area contributed by atoms with Gasteiger partial charge in [0.25, 0.3) is 0 Å². The molecule has 0 saturated carbocycles. The molecule has 1 aromatic heterocycles. The molecule has 4 heteroatoms. The van der Waals surface area contributed by atoms with Crippen molar-refractivity contribution in [3.05, 3.63) is 35.8 Å². The van der Waals surface area contributed by atoms with E-state index < -0.39 is 11.7 Å². The molecule has 0 radical (unpaired) electrons. The molecule has 1 aromatic carbocycles. The molecule has 2 aromatic rings. The number of rotatable bonds is 4. The molecule has 1 heterocycles. The minimum Gasteiger partial charge on any atom is -0.443 e. The first kappa shape index (κ1) is 16.5. The monoisotopic (exact) mass is 305 g/mol. The van der Waals surface area contributed by atoms with Gasteiger partial charge in [0.1, 0.15) is 11.4 Å². The molecule has 0 saturated heterocycles. The number of aryl methyl sites for hydroxylation is 1. The quantitative estimate of drug-likeness (QED) is 0.718. The zero-order chi connectivity index (χ0) is 16.3. The molecule has 0 aliphatic heterocycles. The van der Waals surface area contributed by atoms with E-state index in [2.05, 4.69) is 6.92 Å². The molecule has 3 nitrogen and oxygen atoms in total. The van der Waals surface area contributed by atoms with Gasteiger partial charge in [0.2, 0.25) is 0 Å². The SMILES string of the molecule is CCCCCc1cn(C(=O)OC(C)(C)C)c2ccc(F)cc12. The average Bonchev–Trinajstić information content (AvgIpc) is 2.75. The second kappa shape index (κ2) is 6.51. The summed E-state index contributed by atoms with van der Waals surface area (Å²) < 4.78 is 20.5. The predicted octanol–water partition coefficient (Wildman–Crippen LogP) is 5.30. The highest BCUT2D eigenvalue weighted by Crippen LogP contribution is 2.25. The van der Waals surface area contributed by atoms with Crippen LogP contribution in [0.25, 0.3) is 10.9 Å². The first-order chi connectivity index (χ1) is 10.3. The van der Waals surface area contributed by atoms with Crippen LogP contribution in [0, 0.1) is 5.82 Å². The highest BCUT2D eigenvalue weighted by Gasteiger charge is 2.20. The summed E-state index contributed by atoms with van der Waals surface area (Å²) in [4.78, 5) is 12.3. The zero-order valence-corrected chi connectivity index (χ0v) is 13.8. The van der Waals surface area contributed by atoms with Crippen LogP contribution in [0.15, 0.2) is 24.4 Å². The topological polar surface area (TPSA) is 31.2 Å². The van der Waals surface area contributed by atoms with E-state index in [9.17, 15) is 9.18 Å². The van der Waals surface area contributed by atoms with Crippen molar-refractivity contribution >= 4 is 17.0 Å². The Labute approximate surface area is 131 Å². The van der Waals surface area contributed by atoms with Crippen molar-refractivity contribution in [2.24, 2.45) is 0 Å². The first-order valence-corrected chi connectivity index (χ1v) is 7.84. The van der Waals surface area contributed by atoms with Crippen LogP contribution in [0.4, 0.5) is 9.18 Å². The Hall–Kier alpha value is -1.84. The lowest BCUT2D eigenvalue weighted by molar-refractivity contribution is 0.0544. The second-order valence-corrected chi connectivity index (χ2v) is 6.62. The summed E-state index contributed by atoms with van der Waals surface area (Å²) in [5, 5.41) is 0.793. The van der Waals surface area contributed by atoms with Crippen molar-refractivity contribution in [2.45, 2.75) is 59.0 Å². The van der Waals surface area contributed by atoms with Gasteiger partial charge in [0, 0.05) is 11.6 Å². The number of carbonyl (C=O) groups is 1. The van der Waals surface area contributed by atoms with Gasteiger partial charge in [0.05, 0.1) is 5.52 Å². The molecule has 0 aliphatic carbocycles. The van der Waals surface area contributed by atoms with E-state index in [1.165, 1.54) is 16.7 Å². The number of unbranched alkanes of at least 4 members (excludes halogenated alkanes) is 2.